The summed E-state index contributed by atoms with van der Waals surface area (Å²) in [5.74, 6) is 0.584. The molecular formula is C15H24N2O2S. The molecule has 0 radical (unpaired) electrons. The predicted molar refractivity (Wildman–Crippen MR) is 80.7 cm³/mol. The summed E-state index contributed by atoms with van der Waals surface area (Å²) in [6.45, 7) is 7.72. The average molecular weight is 296 g/mol. The summed E-state index contributed by atoms with van der Waals surface area (Å²) in [6, 6.07) is 0. The Morgan fingerprint density at radius 1 is 1.60 bits per heavy atom. The number of carbonyl (C=O) groups is 1. The van der Waals surface area contributed by atoms with Gasteiger partial charge in [0.15, 0.2) is 0 Å². The van der Waals surface area contributed by atoms with E-state index >= 15 is 0 Å². The number of rotatable bonds is 7. The molecule has 1 aliphatic carbocycles. The molecule has 1 atom stereocenters. The first-order valence-corrected chi connectivity index (χ1v) is 8.12. The first-order chi connectivity index (χ1) is 9.49. The molecule has 1 fully saturated rings. The van der Waals surface area contributed by atoms with Crippen LogP contribution in [0.15, 0.2) is 5.38 Å². The molecule has 0 N–H and O–H groups in total. The number of methoxy groups -OCH3 is 1. The molecular weight excluding hydrogens is 272 g/mol. The minimum Gasteiger partial charge on any atom is -0.468 e. The van der Waals surface area contributed by atoms with E-state index in [4.69, 9.17) is 4.74 Å². The number of esters is 1. The lowest BCUT2D eigenvalue weighted by Gasteiger charge is -2.38. The van der Waals surface area contributed by atoms with Gasteiger partial charge in [-0.3, -0.25) is 9.69 Å². The molecule has 1 saturated carbocycles. The molecule has 0 amide bonds. The highest BCUT2D eigenvalue weighted by molar-refractivity contribution is 7.09. The standard InChI is InChI=1S/C15H24N2O2S/c1-5-15(3,14(18)19-4)17(8-12-6-7-12)9-13-16-11(2)10-20-13/h10,12H,5-9H2,1-4H3/t15-/m1/s1. The first kappa shape index (κ1) is 15.4. The van der Waals surface area contributed by atoms with Crippen molar-refractivity contribution in [3.63, 3.8) is 0 Å². The van der Waals surface area contributed by atoms with E-state index in [1.54, 1.807) is 11.3 Å². The minimum absolute atomic E-state index is 0.145. The maximum atomic E-state index is 12.2. The highest BCUT2D eigenvalue weighted by atomic mass is 32.1. The molecule has 0 saturated heterocycles. The third kappa shape index (κ3) is 3.38. The van der Waals surface area contributed by atoms with Crippen LogP contribution >= 0.6 is 11.3 Å². The van der Waals surface area contributed by atoms with E-state index in [9.17, 15) is 4.79 Å². The molecule has 112 valence electrons. The van der Waals surface area contributed by atoms with Crippen LogP contribution in [0.2, 0.25) is 0 Å². The second-order valence-electron chi connectivity index (χ2n) is 5.83. The highest BCUT2D eigenvalue weighted by Gasteiger charge is 2.41. The van der Waals surface area contributed by atoms with Crippen LogP contribution in [0.4, 0.5) is 0 Å². The summed E-state index contributed by atoms with van der Waals surface area (Å²) in [5.41, 5.74) is 0.490. The SMILES string of the molecule is CC[C@](C)(C(=O)OC)N(Cc1nc(C)cs1)CC1CC1. The summed E-state index contributed by atoms with van der Waals surface area (Å²) < 4.78 is 5.03. The van der Waals surface area contributed by atoms with E-state index < -0.39 is 5.54 Å². The Bertz CT molecular complexity index is 470. The second-order valence-corrected chi connectivity index (χ2v) is 6.77. The molecule has 4 nitrogen and oxygen atoms in total. The number of ether oxygens (including phenoxy) is 1. The number of nitrogens with zero attached hydrogens (tertiary/aromatic N) is 2. The maximum absolute atomic E-state index is 12.2. The van der Waals surface area contributed by atoms with Crippen LogP contribution in [-0.4, -0.2) is 35.0 Å². The summed E-state index contributed by atoms with van der Waals surface area (Å²) >= 11 is 1.67. The van der Waals surface area contributed by atoms with E-state index in [0.29, 0.717) is 0 Å². The Labute approximate surface area is 125 Å². The van der Waals surface area contributed by atoms with Crippen LogP contribution in [0, 0.1) is 12.8 Å². The van der Waals surface area contributed by atoms with Crippen molar-refractivity contribution in [3.05, 3.63) is 16.1 Å². The zero-order valence-corrected chi connectivity index (χ0v) is 13.6. The van der Waals surface area contributed by atoms with E-state index in [1.807, 2.05) is 20.8 Å². The van der Waals surface area contributed by atoms with Gasteiger partial charge in [-0.05, 0) is 39.0 Å². The normalized spacial score (nSPS) is 18.1. The molecule has 5 heteroatoms. The number of carbonyl (C=O) groups excluding carboxylic acids is 1. The highest BCUT2D eigenvalue weighted by Crippen LogP contribution is 2.34. The topological polar surface area (TPSA) is 42.4 Å². The minimum atomic E-state index is -0.559. The van der Waals surface area contributed by atoms with E-state index in [1.165, 1.54) is 20.0 Å². The number of hydrogen-bond donors (Lipinski definition) is 0. The van der Waals surface area contributed by atoms with Gasteiger partial charge in [-0.25, -0.2) is 4.98 Å². The third-order valence-electron chi connectivity index (χ3n) is 4.18. The molecule has 1 heterocycles. The Morgan fingerprint density at radius 3 is 2.75 bits per heavy atom. The van der Waals surface area contributed by atoms with Crippen LogP contribution in [0.1, 0.15) is 43.8 Å². The van der Waals surface area contributed by atoms with Crippen molar-refractivity contribution in [2.75, 3.05) is 13.7 Å². The van der Waals surface area contributed by atoms with E-state index in [-0.39, 0.29) is 5.97 Å². The van der Waals surface area contributed by atoms with Crippen LogP contribution in [0.5, 0.6) is 0 Å². The predicted octanol–water partition coefficient (Wildman–Crippen LogP) is 3.01. The Hall–Kier alpha value is -0.940. The molecule has 0 unspecified atom stereocenters. The first-order valence-electron chi connectivity index (χ1n) is 7.24. The number of thiazole rings is 1. The van der Waals surface area contributed by atoms with Crippen molar-refractivity contribution >= 4 is 17.3 Å². The lowest BCUT2D eigenvalue weighted by Crippen LogP contribution is -2.53. The van der Waals surface area contributed by atoms with Crippen molar-refractivity contribution in [1.82, 2.24) is 9.88 Å². The number of aromatic nitrogens is 1. The fourth-order valence-electron chi connectivity index (χ4n) is 2.41. The monoisotopic (exact) mass is 296 g/mol. The molecule has 0 aromatic carbocycles. The smallest absolute Gasteiger partial charge is 0.325 e. The van der Waals surface area contributed by atoms with Crippen LogP contribution in [-0.2, 0) is 16.1 Å². The summed E-state index contributed by atoms with van der Waals surface area (Å²) in [6.07, 6.45) is 3.29. The molecule has 0 aliphatic heterocycles. The lowest BCUT2D eigenvalue weighted by molar-refractivity contribution is -0.155. The Kier molecular flexibility index (Phi) is 4.81. The van der Waals surface area contributed by atoms with Gasteiger partial charge in [-0.1, -0.05) is 6.92 Å². The van der Waals surface area contributed by atoms with Crippen molar-refractivity contribution in [2.24, 2.45) is 5.92 Å². The average Bonchev–Trinajstić information content (AvgIpc) is 3.17. The largest absolute Gasteiger partial charge is 0.468 e. The molecule has 1 aromatic heterocycles. The Balaban J connectivity index is 2.18. The van der Waals surface area contributed by atoms with Gasteiger partial charge in [0.05, 0.1) is 13.7 Å². The van der Waals surface area contributed by atoms with Gasteiger partial charge in [0.2, 0.25) is 0 Å². The van der Waals surface area contributed by atoms with Gasteiger partial charge in [0.1, 0.15) is 10.5 Å². The number of hydrogen-bond acceptors (Lipinski definition) is 5. The molecule has 2 rings (SSSR count). The van der Waals surface area contributed by atoms with Gasteiger partial charge in [-0.15, -0.1) is 11.3 Å². The van der Waals surface area contributed by atoms with Crippen LogP contribution in [0.3, 0.4) is 0 Å². The molecule has 0 bridgehead atoms. The Morgan fingerprint density at radius 2 is 2.30 bits per heavy atom. The van der Waals surface area contributed by atoms with Gasteiger partial charge in [0.25, 0.3) is 0 Å². The van der Waals surface area contributed by atoms with Gasteiger partial charge in [-0.2, -0.15) is 0 Å². The molecule has 0 spiro atoms. The zero-order valence-electron chi connectivity index (χ0n) is 12.8. The molecule has 20 heavy (non-hydrogen) atoms. The van der Waals surface area contributed by atoms with Crippen molar-refractivity contribution < 1.29 is 9.53 Å². The van der Waals surface area contributed by atoms with Crippen molar-refractivity contribution in [1.29, 1.82) is 0 Å². The van der Waals surface area contributed by atoms with Gasteiger partial charge < -0.3 is 4.74 Å². The molecule has 1 aliphatic rings. The molecule has 1 aromatic rings. The fourth-order valence-corrected chi connectivity index (χ4v) is 3.19. The van der Waals surface area contributed by atoms with E-state index in [0.717, 1.165) is 36.1 Å². The fraction of sp³-hybridized carbons (Fsp3) is 0.733. The second kappa shape index (κ2) is 6.22. The summed E-state index contributed by atoms with van der Waals surface area (Å²) in [5, 5.41) is 3.14. The van der Waals surface area contributed by atoms with Gasteiger partial charge in [0, 0.05) is 17.6 Å². The lowest BCUT2D eigenvalue weighted by atomic mass is 9.95. The summed E-state index contributed by atoms with van der Waals surface area (Å²) in [4.78, 5) is 19.0. The van der Waals surface area contributed by atoms with Gasteiger partial charge >= 0.3 is 5.97 Å². The van der Waals surface area contributed by atoms with Crippen molar-refractivity contribution in [3.8, 4) is 0 Å². The van der Waals surface area contributed by atoms with Crippen molar-refractivity contribution in [2.45, 2.75) is 52.1 Å². The third-order valence-corrected chi connectivity index (χ3v) is 5.13. The van der Waals surface area contributed by atoms with E-state index in [2.05, 4.69) is 15.3 Å². The number of aryl methyl sites for hydroxylation is 1. The van der Waals surface area contributed by atoms with Crippen LogP contribution < -0.4 is 0 Å². The summed E-state index contributed by atoms with van der Waals surface area (Å²) in [7, 11) is 1.47. The van der Waals surface area contributed by atoms with Crippen LogP contribution in [0.25, 0.3) is 0 Å². The quantitative estimate of drug-likeness (QED) is 0.725. The maximum Gasteiger partial charge on any atom is 0.325 e. The zero-order chi connectivity index (χ0) is 14.8.